The number of carboxylic acids is 1. The number of nitrogens with zero attached hydrogens (tertiary/aromatic N) is 2. The lowest BCUT2D eigenvalue weighted by molar-refractivity contribution is -0.154. The number of carboxylic acid groups (broad SMARTS) is 1. The minimum Gasteiger partial charge on any atom is -0.480 e. The van der Waals surface area contributed by atoms with Crippen LogP contribution in [0.1, 0.15) is 42.7 Å². The van der Waals surface area contributed by atoms with Gasteiger partial charge in [0.25, 0.3) is 0 Å². The second kappa shape index (κ2) is 8.39. The first kappa shape index (κ1) is 21.7. The van der Waals surface area contributed by atoms with Gasteiger partial charge in [-0.2, -0.15) is 23.4 Å². The lowest BCUT2D eigenvalue weighted by atomic mass is 9.85. The van der Waals surface area contributed by atoms with Crippen molar-refractivity contribution in [3.8, 4) is 11.3 Å². The van der Waals surface area contributed by atoms with Crippen molar-refractivity contribution >= 4 is 11.9 Å². The normalized spacial score (nSPS) is 19.6. The fourth-order valence-electron chi connectivity index (χ4n) is 3.36. The first-order chi connectivity index (χ1) is 14.0. The van der Waals surface area contributed by atoms with E-state index in [1.54, 1.807) is 6.07 Å². The Kier molecular flexibility index (Phi) is 6.06. The highest BCUT2D eigenvalue weighted by Crippen LogP contribution is 2.37. The molecular weight excluding hydrogens is 403 g/mol. The summed E-state index contributed by atoms with van der Waals surface area (Å²) in [7, 11) is 0. The van der Waals surface area contributed by atoms with Crippen LogP contribution in [0.5, 0.6) is 0 Å². The van der Waals surface area contributed by atoms with Crippen LogP contribution < -0.4 is 5.73 Å². The summed E-state index contributed by atoms with van der Waals surface area (Å²) < 4.78 is 44.5. The molecule has 0 aliphatic heterocycles. The lowest BCUT2D eigenvalue weighted by Crippen LogP contribution is -2.34. The molecule has 2 unspecified atom stereocenters. The summed E-state index contributed by atoms with van der Waals surface area (Å²) in [5, 5.41) is 17.0. The zero-order valence-electron chi connectivity index (χ0n) is 16.0. The van der Waals surface area contributed by atoms with Crippen LogP contribution in [-0.2, 0) is 26.9 Å². The van der Waals surface area contributed by atoms with Crippen LogP contribution in [0.15, 0.2) is 30.3 Å². The van der Waals surface area contributed by atoms with Gasteiger partial charge in [-0.1, -0.05) is 19.1 Å². The van der Waals surface area contributed by atoms with Crippen molar-refractivity contribution in [2.24, 2.45) is 11.7 Å². The Hall–Kier alpha value is -3.01. The van der Waals surface area contributed by atoms with Crippen molar-refractivity contribution in [2.45, 2.75) is 44.5 Å². The van der Waals surface area contributed by atoms with Gasteiger partial charge in [0.15, 0.2) is 0 Å². The van der Waals surface area contributed by atoms with Gasteiger partial charge in [0.05, 0.1) is 23.4 Å². The molecule has 0 bridgehead atoms. The second-order valence-electron chi connectivity index (χ2n) is 7.38. The molecule has 3 N–H and O–H groups in total. The molecule has 1 aromatic carbocycles. The highest BCUT2D eigenvalue weighted by Gasteiger charge is 2.32. The average molecular weight is 423 g/mol. The lowest BCUT2D eigenvalue weighted by Gasteiger charge is -2.28. The van der Waals surface area contributed by atoms with E-state index in [0.717, 1.165) is 12.1 Å². The number of carbonyl (C=O) groups is 2. The molecule has 0 saturated carbocycles. The van der Waals surface area contributed by atoms with Crippen molar-refractivity contribution in [3.63, 3.8) is 0 Å². The third-order valence-electron chi connectivity index (χ3n) is 4.87. The fraction of sp³-hybridized carbons (Fsp3) is 0.400. The maximum Gasteiger partial charge on any atom is 0.416 e. The summed E-state index contributed by atoms with van der Waals surface area (Å²) in [6.07, 6.45) is -4.65. The summed E-state index contributed by atoms with van der Waals surface area (Å²) in [6.45, 7) is 1.94. The van der Waals surface area contributed by atoms with Gasteiger partial charge in [0.2, 0.25) is 0 Å². The van der Waals surface area contributed by atoms with Gasteiger partial charge < -0.3 is 15.6 Å². The number of ether oxygens (including phenoxy) is 1. The first-order valence-electron chi connectivity index (χ1n) is 9.26. The molecule has 3 atom stereocenters. The van der Waals surface area contributed by atoms with E-state index < -0.39 is 42.2 Å². The number of carbonyl (C=O) groups excluding carboxylic acids is 1. The molecule has 1 heterocycles. The topological polar surface area (TPSA) is 115 Å². The van der Waals surface area contributed by atoms with Crippen molar-refractivity contribution in [1.29, 1.82) is 0 Å². The summed E-state index contributed by atoms with van der Waals surface area (Å²) in [5.74, 6) is -1.97. The molecular formula is C20H20F3N3O4. The largest absolute Gasteiger partial charge is 0.480 e. The number of nitrogens with two attached hydrogens (primary N) is 1. The molecule has 0 saturated heterocycles. The Morgan fingerprint density at radius 3 is 2.70 bits per heavy atom. The summed E-state index contributed by atoms with van der Waals surface area (Å²) >= 11 is 0. The predicted octanol–water partition coefficient (Wildman–Crippen LogP) is 3.13. The highest BCUT2D eigenvalue weighted by atomic mass is 19.4. The standard InChI is InChI=1S/C20H20F3N3O4/c1-10-5-16-13(17(6-10)30-18(27)9-14(24)19(28)29)8-15(25-26-16)11-3-2-4-12(7-11)20(21,22)23/h2-4,7-8,10,14,17H,5-6,9,24H2,1H3,(H,28,29)/t10?,14-,17?/m0/s1. The van der Waals surface area contributed by atoms with Gasteiger partial charge in [-0.05, 0) is 37.0 Å². The number of hydrogen-bond acceptors (Lipinski definition) is 6. The van der Waals surface area contributed by atoms with E-state index in [1.807, 2.05) is 6.92 Å². The average Bonchev–Trinajstić information content (AvgIpc) is 2.67. The van der Waals surface area contributed by atoms with Gasteiger partial charge in [-0.3, -0.25) is 9.59 Å². The van der Waals surface area contributed by atoms with E-state index in [-0.39, 0.29) is 17.2 Å². The number of benzene rings is 1. The Bertz CT molecular complexity index is 965. The number of halogens is 3. The molecule has 30 heavy (non-hydrogen) atoms. The number of rotatable bonds is 5. The Balaban J connectivity index is 1.90. The number of aromatic nitrogens is 2. The predicted molar refractivity (Wildman–Crippen MR) is 99.0 cm³/mol. The van der Waals surface area contributed by atoms with Crippen LogP contribution in [0.3, 0.4) is 0 Å². The molecule has 2 aromatic rings. The Morgan fingerprint density at radius 2 is 2.03 bits per heavy atom. The van der Waals surface area contributed by atoms with E-state index in [9.17, 15) is 22.8 Å². The molecule has 3 rings (SSSR count). The molecule has 10 heteroatoms. The van der Waals surface area contributed by atoms with Gasteiger partial charge in [-0.15, -0.1) is 0 Å². The number of alkyl halides is 3. The molecule has 1 aliphatic rings. The summed E-state index contributed by atoms with van der Waals surface area (Å²) in [5.41, 5.74) is 6.16. The minimum atomic E-state index is -4.49. The van der Waals surface area contributed by atoms with Gasteiger partial charge in [0, 0.05) is 11.1 Å². The number of esters is 1. The van der Waals surface area contributed by atoms with Crippen LogP contribution >= 0.6 is 0 Å². The highest BCUT2D eigenvalue weighted by molar-refractivity contribution is 5.81. The first-order valence-corrected chi connectivity index (χ1v) is 9.26. The van der Waals surface area contributed by atoms with E-state index in [4.69, 9.17) is 15.6 Å². The number of fused-ring (bicyclic) bond motifs is 1. The zero-order chi connectivity index (χ0) is 22.1. The third kappa shape index (κ3) is 4.93. The molecule has 7 nitrogen and oxygen atoms in total. The molecule has 160 valence electrons. The van der Waals surface area contributed by atoms with Gasteiger partial charge in [0.1, 0.15) is 12.1 Å². The molecule has 1 aromatic heterocycles. The van der Waals surface area contributed by atoms with Crippen molar-refractivity contribution < 1.29 is 32.6 Å². The van der Waals surface area contributed by atoms with Crippen molar-refractivity contribution in [2.75, 3.05) is 0 Å². The number of aliphatic carboxylic acids is 1. The van der Waals surface area contributed by atoms with E-state index >= 15 is 0 Å². The quantitative estimate of drug-likeness (QED) is 0.710. The molecule has 0 fully saturated rings. The Morgan fingerprint density at radius 1 is 1.30 bits per heavy atom. The SMILES string of the molecule is CC1Cc2nnc(-c3cccc(C(F)(F)F)c3)cc2C(OC(=O)C[C@H](N)C(=O)O)C1. The monoisotopic (exact) mass is 423 g/mol. The smallest absolute Gasteiger partial charge is 0.416 e. The molecule has 0 radical (unpaired) electrons. The van der Waals surface area contributed by atoms with Crippen LogP contribution in [0.4, 0.5) is 13.2 Å². The van der Waals surface area contributed by atoms with Crippen molar-refractivity contribution in [1.82, 2.24) is 10.2 Å². The van der Waals surface area contributed by atoms with Crippen LogP contribution in [0.25, 0.3) is 11.3 Å². The van der Waals surface area contributed by atoms with Crippen LogP contribution in [0.2, 0.25) is 0 Å². The fourth-order valence-corrected chi connectivity index (χ4v) is 3.36. The maximum absolute atomic E-state index is 13.0. The van der Waals surface area contributed by atoms with E-state index in [0.29, 0.717) is 24.1 Å². The second-order valence-corrected chi connectivity index (χ2v) is 7.38. The Labute approximate surface area is 170 Å². The molecule has 0 spiro atoms. The maximum atomic E-state index is 13.0. The third-order valence-corrected chi connectivity index (χ3v) is 4.87. The minimum absolute atomic E-state index is 0.122. The van der Waals surface area contributed by atoms with Crippen LogP contribution in [-0.4, -0.2) is 33.3 Å². The zero-order valence-corrected chi connectivity index (χ0v) is 16.0. The van der Waals surface area contributed by atoms with E-state index in [2.05, 4.69) is 10.2 Å². The van der Waals surface area contributed by atoms with Gasteiger partial charge in [-0.25, -0.2) is 0 Å². The number of hydrogen-bond donors (Lipinski definition) is 2. The van der Waals surface area contributed by atoms with E-state index in [1.165, 1.54) is 12.1 Å². The summed E-state index contributed by atoms with van der Waals surface area (Å²) in [6, 6.07) is 4.91. The summed E-state index contributed by atoms with van der Waals surface area (Å²) in [4.78, 5) is 23.0. The van der Waals surface area contributed by atoms with Crippen molar-refractivity contribution in [3.05, 3.63) is 47.2 Å². The molecule has 1 aliphatic carbocycles. The van der Waals surface area contributed by atoms with Gasteiger partial charge >= 0.3 is 18.1 Å². The van der Waals surface area contributed by atoms with Crippen LogP contribution in [0, 0.1) is 5.92 Å². The molecule has 0 amide bonds.